The molecule has 0 saturated carbocycles. The molecule has 0 radical (unpaired) electrons. The van der Waals surface area contributed by atoms with Crippen molar-refractivity contribution >= 4 is 43.6 Å². The van der Waals surface area contributed by atoms with Gasteiger partial charge in [0.25, 0.3) is 5.91 Å². The number of anilines is 1. The zero-order valence-corrected chi connectivity index (χ0v) is 15.3. The lowest BCUT2D eigenvalue weighted by Gasteiger charge is -2.15. The molecule has 3 heterocycles. The number of amides is 1. The van der Waals surface area contributed by atoms with E-state index in [-0.39, 0.29) is 5.91 Å². The van der Waals surface area contributed by atoms with Gasteiger partial charge in [0.2, 0.25) is 0 Å². The van der Waals surface area contributed by atoms with Gasteiger partial charge in [-0.25, -0.2) is 9.97 Å². The standard InChI is InChI=1S/C18H17N5OS/c1-10-9-12(15-11(2)21-23(4)16(15)19-10)17(24)22(3)18-20-13-7-5-6-8-14(13)25-18/h5-9H,1-4H3. The van der Waals surface area contributed by atoms with E-state index < -0.39 is 0 Å². The molecule has 7 heteroatoms. The van der Waals surface area contributed by atoms with Crippen LogP contribution in [0, 0.1) is 13.8 Å². The molecular formula is C18H17N5OS. The second-order valence-corrected chi connectivity index (χ2v) is 7.06. The van der Waals surface area contributed by atoms with Crippen LogP contribution in [0.2, 0.25) is 0 Å². The van der Waals surface area contributed by atoms with Gasteiger partial charge < -0.3 is 0 Å². The van der Waals surface area contributed by atoms with Crippen molar-refractivity contribution in [1.82, 2.24) is 19.7 Å². The van der Waals surface area contributed by atoms with Gasteiger partial charge in [-0.1, -0.05) is 23.5 Å². The molecule has 1 amide bonds. The molecule has 0 aliphatic heterocycles. The monoisotopic (exact) mass is 351 g/mol. The van der Waals surface area contributed by atoms with Crippen LogP contribution < -0.4 is 4.90 Å². The van der Waals surface area contributed by atoms with E-state index in [0.29, 0.717) is 10.7 Å². The highest BCUT2D eigenvalue weighted by atomic mass is 32.1. The fraction of sp³-hybridized carbons (Fsp3) is 0.222. The minimum atomic E-state index is -0.106. The van der Waals surface area contributed by atoms with Crippen molar-refractivity contribution < 1.29 is 4.79 Å². The molecule has 0 aliphatic rings. The molecule has 25 heavy (non-hydrogen) atoms. The number of nitrogens with zero attached hydrogens (tertiary/aromatic N) is 5. The second kappa shape index (κ2) is 5.63. The normalized spacial score (nSPS) is 11.4. The predicted octanol–water partition coefficient (Wildman–Crippen LogP) is 3.47. The van der Waals surface area contributed by atoms with Crippen LogP contribution in [0.25, 0.3) is 21.3 Å². The molecule has 4 rings (SSSR count). The number of aryl methyl sites for hydroxylation is 3. The number of carbonyl (C=O) groups is 1. The first-order valence-electron chi connectivity index (χ1n) is 7.90. The highest BCUT2D eigenvalue weighted by Gasteiger charge is 2.23. The molecule has 0 aliphatic carbocycles. The van der Waals surface area contributed by atoms with E-state index in [2.05, 4.69) is 15.1 Å². The third-order valence-electron chi connectivity index (χ3n) is 4.20. The van der Waals surface area contributed by atoms with Crippen LogP contribution in [0.15, 0.2) is 30.3 Å². The maximum absolute atomic E-state index is 13.2. The molecule has 0 spiro atoms. The van der Waals surface area contributed by atoms with Crippen LogP contribution in [0.5, 0.6) is 0 Å². The van der Waals surface area contributed by atoms with E-state index >= 15 is 0 Å². The Balaban J connectivity index is 1.84. The SMILES string of the molecule is Cc1cc(C(=O)N(C)c2nc3ccccc3s2)c2c(C)nn(C)c2n1. The summed E-state index contributed by atoms with van der Waals surface area (Å²) < 4.78 is 2.78. The molecule has 4 aromatic rings. The van der Waals surface area contributed by atoms with Crippen LogP contribution in [-0.2, 0) is 7.05 Å². The summed E-state index contributed by atoms with van der Waals surface area (Å²) in [5.41, 5.74) is 3.81. The first-order chi connectivity index (χ1) is 12.0. The molecule has 0 N–H and O–H groups in total. The number of benzene rings is 1. The fourth-order valence-electron chi connectivity index (χ4n) is 3.01. The molecular weight excluding hydrogens is 334 g/mol. The molecule has 0 atom stereocenters. The summed E-state index contributed by atoms with van der Waals surface area (Å²) in [5, 5.41) is 5.89. The van der Waals surface area contributed by atoms with E-state index in [9.17, 15) is 4.79 Å². The molecule has 0 unspecified atom stereocenters. The van der Waals surface area contributed by atoms with Gasteiger partial charge in [-0.05, 0) is 32.0 Å². The van der Waals surface area contributed by atoms with E-state index in [0.717, 1.165) is 32.6 Å². The smallest absolute Gasteiger partial charge is 0.260 e. The minimum absolute atomic E-state index is 0.106. The zero-order chi connectivity index (χ0) is 17.7. The summed E-state index contributed by atoms with van der Waals surface area (Å²) in [6.45, 7) is 3.78. The average Bonchev–Trinajstić information content (AvgIpc) is 3.14. The lowest BCUT2D eigenvalue weighted by atomic mass is 10.1. The fourth-order valence-corrected chi connectivity index (χ4v) is 3.94. The lowest BCUT2D eigenvalue weighted by molar-refractivity contribution is 0.0994. The lowest BCUT2D eigenvalue weighted by Crippen LogP contribution is -2.26. The molecule has 0 saturated heterocycles. The van der Waals surface area contributed by atoms with Crippen molar-refractivity contribution in [2.45, 2.75) is 13.8 Å². The van der Waals surface area contributed by atoms with Gasteiger partial charge in [0.1, 0.15) is 0 Å². The number of fused-ring (bicyclic) bond motifs is 2. The van der Waals surface area contributed by atoms with Crippen molar-refractivity contribution in [3.05, 3.63) is 47.3 Å². The summed E-state index contributed by atoms with van der Waals surface area (Å²) in [6.07, 6.45) is 0. The van der Waals surface area contributed by atoms with Gasteiger partial charge in [-0.15, -0.1) is 0 Å². The topological polar surface area (TPSA) is 63.9 Å². The van der Waals surface area contributed by atoms with Crippen molar-refractivity contribution in [2.75, 3.05) is 11.9 Å². The van der Waals surface area contributed by atoms with Crippen LogP contribution in [0.1, 0.15) is 21.7 Å². The van der Waals surface area contributed by atoms with E-state index in [1.807, 2.05) is 51.2 Å². The average molecular weight is 351 g/mol. The number of aromatic nitrogens is 4. The molecule has 3 aromatic heterocycles. The maximum Gasteiger partial charge on any atom is 0.260 e. The Hall–Kier alpha value is -2.80. The molecule has 0 bridgehead atoms. The number of rotatable bonds is 2. The highest BCUT2D eigenvalue weighted by molar-refractivity contribution is 7.22. The molecule has 6 nitrogen and oxygen atoms in total. The van der Waals surface area contributed by atoms with Crippen molar-refractivity contribution in [1.29, 1.82) is 0 Å². The number of hydrogen-bond donors (Lipinski definition) is 0. The summed E-state index contributed by atoms with van der Waals surface area (Å²) in [4.78, 5) is 23.9. The Bertz CT molecular complexity index is 1090. The van der Waals surface area contributed by atoms with Gasteiger partial charge >= 0.3 is 0 Å². The Labute approximate surface area is 148 Å². The van der Waals surface area contributed by atoms with Gasteiger partial charge in [-0.2, -0.15) is 5.10 Å². The first kappa shape index (κ1) is 15.7. The predicted molar refractivity (Wildman–Crippen MR) is 100 cm³/mol. The van der Waals surface area contributed by atoms with Gasteiger partial charge in [-0.3, -0.25) is 14.4 Å². The summed E-state index contributed by atoms with van der Waals surface area (Å²) in [5.74, 6) is -0.106. The van der Waals surface area contributed by atoms with Crippen LogP contribution in [-0.4, -0.2) is 32.7 Å². The highest BCUT2D eigenvalue weighted by Crippen LogP contribution is 2.30. The van der Waals surface area contributed by atoms with Crippen LogP contribution in [0.4, 0.5) is 5.13 Å². The van der Waals surface area contributed by atoms with Crippen molar-refractivity contribution in [2.24, 2.45) is 7.05 Å². The van der Waals surface area contributed by atoms with Crippen molar-refractivity contribution in [3.8, 4) is 0 Å². The van der Waals surface area contributed by atoms with Crippen LogP contribution in [0.3, 0.4) is 0 Å². The molecule has 126 valence electrons. The molecule has 1 aromatic carbocycles. The van der Waals surface area contributed by atoms with E-state index in [1.165, 1.54) is 11.3 Å². The Morgan fingerprint density at radius 2 is 1.96 bits per heavy atom. The quantitative estimate of drug-likeness (QED) is 0.555. The zero-order valence-electron chi connectivity index (χ0n) is 14.4. The molecule has 0 fully saturated rings. The van der Waals surface area contributed by atoms with Gasteiger partial charge in [0.15, 0.2) is 10.8 Å². The summed E-state index contributed by atoms with van der Waals surface area (Å²) in [6, 6.07) is 9.70. The number of hydrogen-bond acceptors (Lipinski definition) is 5. The van der Waals surface area contributed by atoms with E-state index in [4.69, 9.17) is 0 Å². The third kappa shape index (κ3) is 2.47. The number of pyridine rings is 1. The van der Waals surface area contributed by atoms with Gasteiger partial charge in [0, 0.05) is 19.8 Å². The van der Waals surface area contributed by atoms with Crippen molar-refractivity contribution in [3.63, 3.8) is 0 Å². The number of thiazole rings is 1. The Morgan fingerprint density at radius 1 is 1.20 bits per heavy atom. The van der Waals surface area contributed by atoms with Gasteiger partial charge in [0.05, 0.1) is 26.9 Å². The summed E-state index contributed by atoms with van der Waals surface area (Å²) in [7, 11) is 3.60. The minimum Gasteiger partial charge on any atom is -0.287 e. The largest absolute Gasteiger partial charge is 0.287 e. The maximum atomic E-state index is 13.2. The third-order valence-corrected chi connectivity index (χ3v) is 5.31. The number of carbonyl (C=O) groups excluding carboxylic acids is 1. The Morgan fingerprint density at radius 3 is 2.72 bits per heavy atom. The first-order valence-corrected chi connectivity index (χ1v) is 8.72. The second-order valence-electron chi connectivity index (χ2n) is 6.05. The Kier molecular flexibility index (Phi) is 3.54. The van der Waals surface area contributed by atoms with E-state index in [1.54, 1.807) is 16.6 Å². The van der Waals surface area contributed by atoms with Crippen LogP contribution >= 0.6 is 11.3 Å². The summed E-state index contributed by atoms with van der Waals surface area (Å²) >= 11 is 1.50. The number of para-hydroxylation sites is 1.